The molecule has 1 aliphatic heterocycles. The van der Waals surface area contributed by atoms with Crippen molar-refractivity contribution in [3.63, 3.8) is 0 Å². The Labute approximate surface area is 124 Å². The van der Waals surface area contributed by atoms with Gasteiger partial charge in [0.05, 0.1) is 0 Å². The molecule has 1 saturated heterocycles. The number of benzene rings is 2. The van der Waals surface area contributed by atoms with Crippen molar-refractivity contribution in [3.05, 3.63) is 71.8 Å². The summed E-state index contributed by atoms with van der Waals surface area (Å²) in [6, 6.07) is 18.6. The Kier molecular flexibility index (Phi) is 3.57. The summed E-state index contributed by atoms with van der Waals surface area (Å²) in [5, 5.41) is 0. The van der Waals surface area contributed by atoms with Gasteiger partial charge in [-0.3, -0.25) is 9.59 Å². The summed E-state index contributed by atoms with van der Waals surface area (Å²) in [5.41, 5.74) is 1.70. The van der Waals surface area contributed by atoms with Crippen LogP contribution in [-0.2, 0) is 4.79 Å². The molecule has 0 spiro atoms. The van der Waals surface area contributed by atoms with E-state index >= 15 is 0 Å². The topological polar surface area (TPSA) is 37.4 Å². The molecule has 1 amide bonds. The number of hydrogen-bond donors (Lipinski definition) is 0. The fourth-order valence-electron chi connectivity index (χ4n) is 3.00. The molecule has 0 N–H and O–H groups in total. The summed E-state index contributed by atoms with van der Waals surface area (Å²) in [7, 11) is 1.72. The van der Waals surface area contributed by atoms with Crippen molar-refractivity contribution in [2.75, 3.05) is 7.05 Å². The molecule has 2 atom stereocenters. The summed E-state index contributed by atoms with van der Waals surface area (Å²) >= 11 is 0. The van der Waals surface area contributed by atoms with E-state index in [0.29, 0.717) is 12.0 Å². The van der Waals surface area contributed by atoms with E-state index in [9.17, 15) is 9.59 Å². The molecular formula is C18H17NO2. The van der Waals surface area contributed by atoms with Crippen LogP contribution in [0.1, 0.15) is 28.3 Å². The molecule has 1 heterocycles. The maximum absolute atomic E-state index is 12.8. The third-order valence-electron chi connectivity index (χ3n) is 4.14. The fraction of sp³-hybridized carbons (Fsp3) is 0.222. The van der Waals surface area contributed by atoms with Gasteiger partial charge in [-0.15, -0.1) is 0 Å². The van der Waals surface area contributed by atoms with Crippen LogP contribution in [0.15, 0.2) is 60.7 Å². The lowest BCUT2D eigenvalue weighted by molar-refractivity contribution is -0.127. The van der Waals surface area contributed by atoms with Crippen molar-refractivity contribution in [2.45, 2.75) is 18.4 Å². The Bertz CT molecular complexity index is 651. The molecule has 21 heavy (non-hydrogen) atoms. The second-order valence-corrected chi connectivity index (χ2v) is 5.40. The first-order valence-corrected chi connectivity index (χ1v) is 7.08. The standard InChI is InChI=1S/C18H17NO2/c1-19-16(20)12-15(13-8-4-2-5-9-13)17(19)18(21)14-10-6-3-7-11-14/h2-11,15,17H,12H2,1H3/t15?,17-/m1/s1. The first-order chi connectivity index (χ1) is 10.2. The summed E-state index contributed by atoms with van der Waals surface area (Å²) in [5.74, 6) is -0.0349. The minimum atomic E-state index is -0.415. The normalized spacial score (nSPS) is 21.6. The van der Waals surface area contributed by atoms with Gasteiger partial charge in [-0.25, -0.2) is 0 Å². The lowest BCUT2D eigenvalue weighted by Crippen LogP contribution is -2.38. The smallest absolute Gasteiger partial charge is 0.223 e. The summed E-state index contributed by atoms with van der Waals surface area (Å²) in [6.07, 6.45) is 0.393. The molecule has 1 unspecified atom stereocenters. The van der Waals surface area contributed by atoms with Crippen LogP contribution in [0.25, 0.3) is 0 Å². The lowest BCUT2D eigenvalue weighted by atomic mass is 9.87. The predicted octanol–water partition coefficient (Wildman–Crippen LogP) is 2.88. The highest BCUT2D eigenvalue weighted by Gasteiger charge is 2.42. The minimum absolute atomic E-state index is 0.0119. The molecule has 3 nitrogen and oxygen atoms in total. The molecular weight excluding hydrogens is 262 g/mol. The van der Waals surface area contributed by atoms with Crippen molar-refractivity contribution in [3.8, 4) is 0 Å². The molecule has 1 fully saturated rings. The number of rotatable bonds is 3. The predicted molar refractivity (Wildman–Crippen MR) is 81.1 cm³/mol. The number of likely N-dealkylation sites (N-methyl/N-ethyl adjacent to an activating group) is 1. The molecule has 2 aromatic carbocycles. The van der Waals surface area contributed by atoms with Gasteiger partial charge in [-0.1, -0.05) is 60.7 Å². The van der Waals surface area contributed by atoms with E-state index in [0.717, 1.165) is 5.56 Å². The molecule has 2 aromatic rings. The molecule has 106 valence electrons. The Hall–Kier alpha value is -2.42. The zero-order valence-corrected chi connectivity index (χ0v) is 11.9. The number of ketones is 1. The van der Waals surface area contributed by atoms with Crippen molar-refractivity contribution < 1.29 is 9.59 Å². The number of nitrogens with zero attached hydrogens (tertiary/aromatic N) is 1. The van der Waals surface area contributed by atoms with Crippen molar-refractivity contribution in [2.24, 2.45) is 0 Å². The molecule has 0 radical (unpaired) electrons. The van der Waals surface area contributed by atoms with Crippen LogP contribution in [-0.4, -0.2) is 29.7 Å². The molecule has 3 rings (SSSR count). The van der Waals surface area contributed by atoms with E-state index in [1.54, 1.807) is 24.1 Å². The summed E-state index contributed by atoms with van der Waals surface area (Å²) in [6.45, 7) is 0. The third kappa shape index (κ3) is 2.47. The second-order valence-electron chi connectivity index (χ2n) is 5.40. The molecule has 0 bridgehead atoms. The summed E-state index contributed by atoms with van der Waals surface area (Å²) < 4.78 is 0. The first-order valence-electron chi connectivity index (χ1n) is 7.08. The average Bonchev–Trinajstić information content (AvgIpc) is 2.84. The largest absolute Gasteiger partial charge is 0.335 e. The zero-order chi connectivity index (χ0) is 14.8. The summed E-state index contributed by atoms with van der Waals surface area (Å²) in [4.78, 5) is 26.5. The molecule has 0 aliphatic carbocycles. The average molecular weight is 279 g/mol. The quantitative estimate of drug-likeness (QED) is 0.810. The maximum Gasteiger partial charge on any atom is 0.223 e. The van der Waals surface area contributed by atoms with E-state index in [-0.39, 0.29) is 17.6 Å². The SMILES string of the molecule is CN1C(=O)CC(c2ccccc2)[C@@H]1C(=O)c1ccccc1. The van der Waals surface area contributed by atoms with Crippen LogP contribution in [0.4, 0.5) is 0 Å². The minimum Gasteiger partial charge on any atom is -0.335 e. The maximum atomic E-state index is 12.8. The number of amides is 1. The fourth-order valence-corrected chi connectivity index (χ4v) is 3.00. The zero-order valence-electron chi connectivity index (χ0n) is 11.9. The molecule has 0 aromatic heterocycles. The monoisotopic (exact) mass is 279 g/mol. The van der Waals surface area contributed by atoms with Gasteiger partial charge in [-0.2, -0.15) is 0 Å². The molecule has 0 saturated carbocycles. The van der Waals surface area contributed by atoms with Gasteiger partial charge in [0.15, 0.2) is 5.78 Å². The van der Waals surface area contributed by atoms with Gasteiger partial charge in [0.2, 0.25) is 5.91 Å². The van der Waals surface area contributed by atoms with Crippen molar-refractivity contribution >= 4 is 11.7 Å². The highest BCUT2D eigenvalue weighted by molar-refractivity contribution is 6.04. The van der Waals surface area contributed by atoms with Gasteiger partial charge in [0.1, 0.15) is 6.04 Å². The Balaban J connectivity index is 1.97. The number of hydrogen-bond acceptors (Lipinski definition) is 2. The van der Waals surface area contributed by atoms with Crippen LogP contribution < -0.4 is 0 Å². The third-order valence-corrected chi connectivity index (χ3v) is 4.14. The van der Waals surface area contributed by atoms with Crippen LogP contribution >= 0.6 is 0 Å². The lowest BCUT2D eigenvalue weighted by Gasteiger charge is -2.24. The van der Waals surface area contributed by atoms with E-state index < -0.39 is 6.04 Å². The highest BCUT2D eigenvalue weighted by atomic mass is 16.2. The Morgan fingerprint density at radius 3 is 2.19 bits per heavy atom. The van der Waals surface area contributed by atoms with Crippen LogP contribution in [0.2, 0.25) is 0 Å². The van der Waals surface area contributed by atoms with Gasteiger partial charge < -0.3 is 4.90 Å². The van der Waals surface area contributed by atoms with Gasteiger partial charge >= 0.3 is 0 Å². The Morgan fingerprint density at radius 1 is 1.00 bits per heavy atom. The number of carbonyl (C=O) groups excluding carboxylic acids is 2. The van der Waals surface area contributed by atoms with Gasteiger partial charge in [0.25, 0.3) is 0 Å². The van der Waals surface area contributed by atoms with E-state index in [1.165, 1.54) is 0 Å². The van der Waals surface area contributed by atoms with Crippen molar-refractivity contribution in [1.29, 1.82) is 0 Å². The van der Waals surface area contributed by atoms with Crippen LogP contribution in [0.5, 0.6) is 0 Å². The number of Topliss-reactive ketones (excluding diaryl/α,β-unsaturated/α-hetero) is 1. The highest BCUT2D eigenvalue weighted by Crippen LogP contribution is 2.35. The van der Waals surface area contributed by atoms with Crippen LogP contribution in [0.3, 0.4) is 0 Å². The number of likely N-dealkylation sites (tertiary alicyclic amines) is 1. The Morgan fingerprint density at radius 2 is 1.57 bits per heavy atom. The molecule has 3 heteroatoms. The number of carbonyl (C=O) groups is 2. The van der Waals surface area contributed by atoms with E-state index in [1.807, 2.05) is 48.5 Å². The van der Waals surface area contributed by atoms with Gasteiger partial charge in [-0.05, 0) is 5.56 Å². The van der Waals surface area contributed by atoms with E-state index in [2.05, 4.69) is 0 Å². The van der Waals surface area contributed by atoms with Gasteiger partial charge in [0, 0.05) is 24.9 Å². The molecule has 1 aliphatic rings. The van der Waals surface area contributed by atoms with Crippen LogP contribution in [0, 0.1) is 0 Å². The second kappa shape index (κ2) is 5.52. The van der Waals surface area contributed by atoms with E-state index in [4.69, 9.17) is 0 Å². The van der Waals surface area contributed by atoms with Crippen molar-refractivity contribution in [1.82, 2.24) is 4.90 Å². The first kappa shape index (κ1) is 13.6.